The fraction of sp³-hybridized carbons (Fsp3) is 0.267. The number of hydrogen-bond donors (Lipinski definition) is 1. The van der Waals surface area contributed by atoms with Crippen molar-refractivity contribution in [2.24, 2.45) is 0 Å². The number of nitrogens with one attached hydrogen (secondary N) is 1. The SMILES string of the molecule is Cc1cc(C)cc(-n2c(SCC(=O)c3ccc(C)cc3C)nc3cc(C(=O)NC(C)C)ccc3c2=O)c1. The Bertz CT molecular complexity index is 1570. The lowest BCUT2D eigenvalue weighted by molar-refractivity contribution is 0.0942. The minimum absolute atomic E-state index is 0.0175. The molecular formula is C30H31N3O3S. The summed E-state index contributed by atoms with van der Waals surface area (Å²) in [6.07, 6.45) is 0. The van der Waals surface area contributed by atoms with Crippen LogP contribution in [0.1, 0.15) is 56.8 Å². The van der Waals surface area contributed by atoms with Crippen molar-refractivity contribution in [1.82, 2.24) is 14.9 Å². The minimum atomic E-state index is -0.243. The quantitative estimate of drug-likeness (QED) is 0.194. The number of hydrogen-bond acceptors (Lipinski definition) is 5. The maximum Gasteiger partial charge on any atom is 0.266 e. The number of aryl methyl sites for hydroxylation is 4. The van der Waals surface area contributed by atoms with Crippen LogP contribution in [-0.2, 0) is 0 Å². The molecule has 0 radical (unpaired) electrons. The van der Waals surface area contributed by atoms with Crippen LogP contribution in [0.15, 0.2) is 64.5 Å². The number of ketones is 1. The van der Waals surface area contributed by atoms with Gasteiger partial charge in [-0.3, -0.25) is 19.0 Å². The predicted molar refractivity (Wildman–Crippen MR) is 150 cm³/mol. The highest BCUT2D eigenvalue weighted by Crippen LogP contribution is 2.25. The highest BCUT2D eigenvalue weighted by molar-refractivity contribution is 7.99. The summed E-state index contributed by atoms with van der Waals surface area (Å²) in [5.41, 5.74) is 6.01. The van der Waals surface area contributed by atoms with E-state index >= 15 is 0 Å². The molecule has 1 heterocycles. The van der Waals surface area contributed by atoms with E-state index in [0.29, 0.717) is 32.9 Å². The van der Waals surface area contributed by atoms with Crippen LogP contribution in [0.3, 0.4) is 0 Å². The maximum atomic E-state index is 13.8. The first-order valence-electron chi connectivity index (χ1n) is 12.2. The zero-order valence-corrected chi connectivity index (χ0v) is 22.8. The van der Waals surface area contributed by atoms with E-state index in [0.717, 1.165) is 22.3 Å². The van der Waals surface area contributed by atoms with Gasteiger partial charge in [0.15, 0.2) is 10.9 Å². The van der Waals surface area contributed by atoms with Crippen LogP contribution in [0.2, 0.25) is 0 Å². The molecule has 3 aromatic carbocycles. The molecule has 4 aromatic rings. The average Bonchev–Trinajstić information content (AvgIpc) is 2.81. The van der Waals surface area contributed by atoms with Gasteiger partial charge in [-0.15, -0.1) is 0 Å². The Hall–Kier alpha value is -3.71. The molecule has 0 saturated carbocycles. The molecule has 4 rings (SSSR count). The first-order chi connectivity index (χ1) is 17.5. The molecule has 0 saturated heterocycles. The molecule has 1 N–H and O–H groups in total. The predicted octanol–water partition coefficient (Wildman–Crippen LogP) is 5.73. The molecule has 190 valence electrons. The molecular weight excluding hydrogens is 482 g/mol. The van der Waals surface area contributed by atoms with Gasteiger partial charge in [0.2, 0.25) is 0 Å². The van der Waals surface area contributed by atoms with Gasteiger partial charge in [0.05, 0.1) is 22.3 Å². The molecule has 0 bridgehead atoms. The van der Waals surface area contributed by atoms with Crippen molar-refractivity contribution in [3.8, 4) is 5.69 Å². The lowest BCUT2D eigenvalue weighted by Gasteiger charge is -2.15. The second-order valence-corrected chi connectivity index (χ2v) is 10.7. The second-order valence-electron chi connectivity index (χ2n) is 9.77. The largest absolute Gasteiger partial charge is 0.350 e. The number of amides is 1. The summed E-state index contributed by atoms with van der Waals surface area (Å²) in [4.78, 5) is 44.3. The molecule has 0 atom stereocenters. The molecule has 0 aliphatic heterocycles. The maximum absolute atomic E-state index is 13.8. The normalized spacial score (nSPS) is 11.2. The van der Waals surface area contributed by atoms with E-state index < -0.39 is 0 Å². The van der Waals surface area contributed by atoms with Crippen LogP contribution < -0.4 is 10.9 Å². The van der Waals surface area contributed by atoms with Crippen LogP contribution in [0.25, 0.3) is 16.6 Å². The van der Waals surface area contributed by atoms with Crippen molar-refractivity contribution in [3.63, 3.8) is 0 Å². The second kappa shape index (κ2) is 10.7. The Kier molecular flexibility index (Phi) is 7.64. The van der Waals surface area contributed by atoms with E-state index in [2.05, 4.69) is 5.32 Å². The number of nitrogens with zero attached hydrogens (tertiary/aromatic N) is 2. The van der Waals surface area contributed by atoms with E-state index in [4.69, 9.17) is 4.98 Å². The van der Waals surface area contributed by atoms with Crippen molar-refractivity contribution < 1.29 is 9.59 Å². The summed E-state index contributed by atoms with van der Waals surface area (Å²) >= 11 is 1.23. The topological polar surface area (TPSA) is 81.1 Å². The molecule has 1 amide bonds. The lowest BCUT2D eigenvalue weighted by atomic mass is 10.0. The molecule has 0 spiro atoms. The van der Waals surface area contributed by atoms with Gasteiger partial charge in [-0.05, 0) is 88.6 Å². The summed E-state index contributed by atoms with van der Waals surface area (Å²) in [5, 5.41) is 3.68. The van der Waals surface area contributed by atoms with Crippen LogP contribution in [0.4, 0.5) is 0 Å². The van der Waals surface area contributed by atoms with E-state index in [1.165, 1.54) is 11.8 Å². The van der Waals surface area contributed by atoms with Crippen molar-refractivity contribution >= 4 is 34.4 Å². The third kappa shape index (κ3) is 5.83. The molecule has 7 heteroatoms. The fourth-order valence-corrected chi connectivity index (χ4v) is 5.29. The Morgan fingerprint density at radius 3 is 2.27 bits per heavy atom. The number of benzene rings is 3. The van der Waals surface area contributed by atoms with Crippen molar-refractivity contribution in [1.29, 1.82) is 0 Å². The summed E-state index contributed by atoms with van der Waals surface area (Å²) in [5.74, 6) is -0.134. The summed E-state index contributed by atoms with van der Waals surface area (Å²) in [7, 11) is 0. The molecule has 37 heavy (non-hydrogen) atoms. The molecule has 1 aromatic heterocycles. The van der Waals surface area contributed by atoms with Gasteiger partial charge in [-0.1, -0.05) is 41.6 Å². The first kappa shape index (κ1) is 26.4. The number of fused-ring (bicyclic) bond motifs is 1. The zero-order chi connectivity index (χ0) is 26.9. The molecule has 0 unspecified atom stereocenters. The Balaban J connectivity index is 1.82. The number of rotatable bonds is 7. The van der Waals surface area contributed by atoms with Crippen LogP contribution in [-0.4, -0.2) is 33.0 Å². The summed E-state index contributed by atoms with van der Waals surface area (Å²) in [6, 6.07) is 16.6. The van der Waals surface area contributed by atoms with E-state index in [1.54, 1.807) is 22.8 Å². The molecule has 6 nitrogen and oxygen atoms in total. The fourth-order valence-electron chi connectivity index (χ4n) is 4.39. The van der Waals surface area contributed by atoms with Crippen molar-refractivity contribution in [2.45, 2.75) is 52.7 Å². The van der Waals surface area contributed by atoms with Gasteiger partial charge in [-0.2, -0.15) is 0 Å². The summed E-state index contributed by atoms with van der Waals surface area (Å²) < 4.78 is 1.57. The van der Waals surface area contributed by atoms with Gasteiger partial charge in [0.25, 0.3) is 11.5 Å². The van der Waals surface area contributed by atoms with E-state index in [9.17, 15) is 14.4 Å². The molecule has 0 aliphatic carbocycles. The third-order valence-corrected chi connectivity index (χ3v) is 6.94. The number of carbonyl (C=O) groups excluding carboxylic acids is 2. The Labute approximate surface area is 221 Å². The van der Waals surface area contributed by atoms with E-state index in [1.807, 2.05) is 77.9 Å². The Morgan fingerprint density at radius 1 is 0.919 bits per heavy atom. The van der Waals surface area contributed by atoms with Gasteiger partial charge < -0.3 is 5.32 Å². The van der Waals surface area contributed by atoms with Gasteiger partial charge >= 0.3 is 0 Å². The van der Waals surface area contributed by atoms with Gasteiger partial charge in [-0.25, -0.2) is 4.98 Å². The number of carbonyl (C=O) groups is 2. The van der Waals surface area contributed by atoms with E-state index in [-0.39, 0.29) is 29.0 Å². The van der Waals surface area contributed by atoms with Crippen LogP contribution in [0, 0.1) is 27.7 Å². The third-order valence-electron chi connectivity index (χ3n) is 6.00. The number of aromatic nitrogens is 2. The smallest absolute Gasteiger partial charge is 0.266 e. The standard InChI is InChI=1S/C30H31N3O3S/c1-17(2)31-28(35)22-8-10-25-26(15-22)32-30(33(29(25)36)23-13-19(4)11-20(5)14-23)37-16-27(34)24-9-7-18(3)12-21(24)6/h7-15,17H,16H2,1-6H3,(H,31,35). The highest BCUT2D eigenvalue weighted by atomic mass is 32.2. The first-order valence-corrected chi connectivity index (χ1v) is 13.2. The van der Waals surface area contributed by atoms with Crippen molar-refractivity contribution in [3.05, 3.63) is 98.3 Å². The Morgan fingerprint density at radius 2 is 1.62 bits per heavy atom. The molecule has 0 fully saturated rings. The summed E-state index contributed by atoms with van der Waals surface area (Å²) in [6.45, 7) is 11.7. The van der Waals surface area contributed by atoms with Gasteiger partial charge in [0.1, 0.15) is 0 Å². The highest BCUT2D eigenvalue weighted by Gasteiger charge is 2.18. The number of Topliss-reactive ketones (excluding diaryl/α,β-unsaturated/α-hetero) is 1. The van der Waals surface area contributed by atoms with Crippen LogP contribution in [0.5, 0.6) is 0 Å². The van der Waals surface area contributed by atoms with Crippen molar-refractivity contribution in [2.75, 3.05) is 5.75 Å². The lowest BCUT2D eigenvalue weighted by Crippen LogP contribution is -2.30. The minimum Gasteiger partial charge on any atom is -0.350 e. The van der Waals surface area contributed by atoms with Crippen LogP contribution >= 0.6 is 11.8 Å². The molecule has 0 aliphatic rings. The zero-order valence-electron chi connectivity index (χ0n) is 22.0. The van der Waals surface area contributed by atoms with Gasteiger partial charge in [0, 0.05) is 17.2 Å². The average molecular weight is 514 g/mol. The monoisotopic (exact) mass is 513 g/mol. The number of thioether (sulfide) groups is 1.